The van der Waals surface area contributed by atoms with Crippen LogP contribution in [0.5, 0.6) is 0 Å². The number of benzene rings is 2. The first-order chi connectivity index (χ1) is 14.5. The van der Waals surface area contributed by atoms with Crippen molar-refractivity contribution in [1.82, 2.24) is 9.55 Å². The van der Waals surface area contributed by atoms with Crippen LogP contribution in [0.3, 0.4) is 0 Å². The third kappa shape index (κ3) is 4.36. The Morgan fingerprint density at radius 3 is 2.70 bits per heavy atom. The lowest BCUT2D eigenvalue weighted by Crippen LogP contribution is -2.25. The number of hydrogen-bond acceptors (Lipinski definition) is 5. The predicted octanol–water partition coefficient (Wildman–Crippen LogP) is 3.57. The van der Waals surface area contributed by atoms with Gasteiger partial charge in [0, 0.05) is 23.7 Å². The van der Waals surface area contributed by atoms with Crippen LogP contribution in [0.15, 0.2) is 47.3 Å². The number of rotatable bonds is 4. The van der Waals surface area contributed by atoms with Crippen molar-refractivity contribution in [2.75, 3.05) is 11.9 Å². The Hall–Kier alpha value is -3.19. The van der Waals surface area contributed by atoms with Crippen LogP contribution < -0.4 is 10.9 Å². The van der Waals surface area contributed by atoms with E-state index in [1.165, 1.54) is 6.07 Å². The van der Waals surface area contributed by atoms with E-state index in [-0.39, 0.29) is 11.1 Å². The van der Waals surface area contributed by atoms with E-state index in [1.807, 2.05) is 0 Å². The molecule has 1 aliphatic heterocycles. The first-order valence-electron chi connectivity index (χ1n) is 9.77. The normalized spacial score (nSPS) is 13.4. The first kappa shape index (κ1) is 20.1. The quantitative estimate of drug-likeness (QED) is 0.645. The molecule has 4 rings (SSSR count). The van der Waals surface area contributed by atoms with Gasteiger partial charge in [0.2, 0.25) is 0 Å². The molecule has 154 valence electrons. The SMILES string of the molecule is O=C(COC(=O)c1ccc2c(=O)n3c(nc2c1)CCCCC3)Nc1ccc(Cl)cc1. The minimum atomic E-state index is -0.653. The molecule has 0 saturated carbocycles. The van der Waals surface area contributed by atoms with Crippen LogP contribution in [0.25, 0.3) is 10.9 Å². The lowest BCUT2D eigenvalue weighted by atomic mass is 10.1. The van der Waals surface area contributed by atoms with E-state index in [2.05, 4.69) is 10.3 Å². The number of nitrogens with one attached hydrogen (secondary N) is 1. The van der Waals surface area contributed by atoms with Gasteiger partial charge in [-0.05, 0) is 55.3 Å². The molecular weight excluding hydrogens is 406 g/mol. The molecule has 1 aromatic heterocycles. The molecule has 7 nitrogen and oxygen atoms in total. The van der Waals surface area contributed by atoms with Crippen LogP contribution >= 0.6 is 11.6 Å². The van der Waals surface area contributed by atoms with E-state index in [0.717, 1.165) is 31.5 Å². The number of fused-ring (bicyclic) bond motifs is 2. The van der Waals surface area contributed by atoms with Gasteiger partial charge in [-0.25, -0.2) is 9.78 Å². The lowest BCUT2D eigenvalue weighted by Gasteiger charge is -2.11. The second-order valence-electron chi connectivity index (χ2n) is 7.16. The molecule has 0 fully saturated rings. The van der Waals surface area contributed by atoms with Gasteiger partial charge in [-0.2, -0.15) is 0 Å². The highest BCUT2D eigenvalue weighted by atomic mass is 35.5. The smallest absolute Gasteiger partial charge is 0.338 e. The van der Waals surface area contributed by atoms with E-state index < -0.39 is 18.5 Å². The molecule has 8 heteroatoms. The molecule has 0 unspecified atom stereocenters. The third-order valence-electron chi connectivity index (χ3n) is 5.01. The summed E-state index contributed by atoms with van der Waals surface area (Å²) in [7, 11) is 0. The average molecular weight is 426 g/mol. The highest BCUT2D eigenvalue weighted by Crippen LogP contribution is 2.17. The van der Waals surface area contributed by atoms with Gasteiger partial charge in [0.05, 0.1) is 16.5 Å². The topological polar surface area (TPSA) is 90.3 Å². The summed E-state index contributed by atoms with van der Waals surface area (Å²) in [5, 5.41) is 3.65. The molecule has 30 heavy (non-hydrogen) atoms. The number of amides is 1. The van der Waals surface area contributed by atoms with Gasteiger partial charge in [0.1, 0.15) is 5.82 Å². The van der Waals surface area contributed by atoms with E-state index in [1.54, 1.807) is 41.0 Å². The van der Waals surface area contributed by atoms with Gasteiger partial charge in [-0.1, -0.05) is 18.0 Å². The van der Waals surface area contributed by atoms with E-state index in [9.17, 15) is 14.4 Å². The van der Waals surface area contributed by atoms with E-state index in [4.69, 9.17) is 16.3 Å². The monoisotopic (exact) mass is 425 g/mol. The molecule has 1 N–H and O–H groups in total. The Bertz CT molecular complexity index is 1170. The summed E-state index contributed by atoms with van der Waals surface area (Å²) in [5.41, 5.74) is 1.18. The highest BCUT2D eigenvalue weighted by Gasteiger charge is 2.16. The summed E-state index contributed by atoms with van der Waals surface area (Å²) in [6, 6.07) is 11.3. The van der Waals surface area contributed by atoms with E-state index in [0.29, 0.717) is 28.2 Å². The largest absolute Gasteiger partial charge is 0.452 e. The Morgan fingerprint density at radius 2 is 1.90 bits per heavy atom. The Balaban J connectivity index is 1.47. The standard InChI is InChI=1S/C22H20ClN3O4/c23-15-6-8-16(9-7-15)24-20(27)13-30-22(29)14-5-10-17-18(12-14)25-19-4-2-1-3-11-26(19)21(17)28/h5-10,12H,1-4,11,13H2,(H,24,27). The highest BCUT2D eigenvalue weighted by molar-refractivity contribution is 6.30. The zero-order valence-corrected chi connectivity index (χ0v) is 16.9. The number of carbonyl (C=O) groups is 2. The Labute approximate surface area is 177 Å². The maximum atomic E-state index is 12.8. The van der Waals surface area contributed by atoms with Gasteiger partial charge >= 0.3 is 5.97 Å². The number of nitrogens with zero attached hydrogens (tertiary/aromatic N) is 2. The second kappa shape index (κ2) is 8.67. The molecular formula is C22H20ClN3O4. The van der Waals surface area contributed by atoms with Gasteiger partial charge in [-0.15, -0.1) is 0 Å². The van der Waals surface area contributed by atoms with Crippen molar-refractivity contribution in [1.29, 1.82) is 0 Å². The number of halogens is 1. The summed E-state index contributed by atoms with van der Waals surface area (Å²) < 4.78 is 6.84. The molecule has 0 saturated heterocycles. The van der Waals surface area contributed by atoms with Crippen molar-refractivity contribution in [3.63, 3.8) is 0 Å². The lowest BCUT2D eigenvalue weighted by molar-refractivity contribution is -0.119. The molecule has 2 aromatic carbocycles. The molecule has 0 atom stereocenters. The predicted molar refractivity (Wildman–Crippen MR) is 114 cm³/mol. The number of ether oxygens (including phenoxy) is 1. The van der Waals surface area contributed by atoms with Crippen molar-refractivity contribution in [3.8, 4) is 0 Å². The van der Waals surface area contributed by atoms with Crippen LogP contribution in [0.2, 0.25) is 5.02 Å². The summed E-state index contributed by atoms with van der Waals surface area (Å²) in [6.45, 7) is 0.239. The summed E-state index contributed by atoms with van der Waals surface area (Å²) >= 11 is 5.81. The van der Waals surface area contributed by atoms with Crippen LogP contribution in [0, 0.1) is 0 Å². The zero-order chi connectivity index (χ0) is 21.1. The number of carbonyl (C=O) groups excluding carboxylic acids is 2. The van der Waals surface area contributed by atoms with Gasteiger partial charge in [0.15, 0.2) is 6.61 Å². The summed E-state index contributed by atoms with van der Waals surface area (Å²) in [6.07, 6.45) is 3.75. The maximum Gasteiger partial charge on any atom is 0.338 e. The third-order valence-corrected chi connectivity index (χ3v) is 5.27. The fourth-order valence-electron chi connectivity index (χ4n) is 3.49. The summed E-state index contributed by atoms with van der Waals surface area (Å²) in [5.74, 6) is -0.369. The fraction of sp³-hybridized carbons (Fsp3) is 0.273. The van der Waals surface area contributed by atoms with Crippen molar-refractivity contribution in [2.24, 2.45) is 0 Å². The zero-order valence-electron chi connectivity index (χ0n) is 16.2. The van der Waals surface area contributed by atoms with Crippen LogP contribution in [0.1, 0.15) is 35.4 Å². The average Bonchev–Trinajstić information content (AvgIpc) is 2.99. The summed E-state index contributed by atoms with van der Waals surface area (Å²) in [4.78, 5) is 41.8. The minimum absolute atomic E-state index is 0.0841. The molecule has 0 aliphatic carbocycles. The Morgan fingerprint density at radius 1 is 1.10 bits per heavy atom. The Kier molecular flexibility index (Phi) is 5.81. The molecule has 0 bridgehead atoms. The number of aromatic nitrogens is 2. The molecule has 1 amide bonds. The van der Waals surface area contributed by atoms with Crippen molar-refractivity contribution in [2.45, 2.75) is 32.2 Å². The molecule has 3 aromatic rings. The van der Waals surface area contributed by atoms with Crippen LogP contribution in [-0.4, -0.2) is 28.0 Å². The van der Waals surface area contributed by atoms with Gasteiger partial charge in [-0.3, -0.25) is 14.2 Å². The number of anilines is 1. The molecule has 2 heterocycles. The fourth-order valence-corrected chi connectivity index (χ4v) is 3.62. The first-order valence-corrected chi connectivity index (χ1v) is 10.1. The molecule has 1 aliphatic rings. The second-order valence-corrected chi connectivity index (χ2v) is 7.60. The van der Waals surface area contributed by atoms with Crippen molar-refractivity contribution in [3.05, 3.63) is 69.2 Å². The van der Waals surface area contributed by atoms with Gasteiger partial charge in [0.25, 0.3) is 11.5 Å². The number of hydrogen-bond donors (Lipinski definition) is 1. The van der Waals surface area contributed by atoms with Crippen LogP contribution in [0.4, 0.5) is 5.69 Å². The number of aryl methyl sites for hydroxylation is 1. The van der Waals surface area contributed by atoms with Gasteiger partial charge < -0.3 is 10.1 Å². The van der Waals surface area contributed by atoms with Crippen molar-refractivity contribution >= 4 is 40.1 Å². The van der Waals surface area contributed by atoms with E-state index >= 15 is 0 Å². The van der Waals surface area contributed by atoms with Crippen molar-refractivity contribution < 1.29 is 14.3 Å². The molecule has 0 radical (unpaired) electrons. The molecule has 0 spiro atoms. The maximum absolute atomic E-state index is 12.8. The number of esters is 1. The minimum Gasteiger partial charge on any atom is -0.452 e. The van der Waals surface area contributed by atoms with Crippen LogP contribution in [-0.2, 0) is 22.5 Å².